The maximum absolute atomic E-state index is 13.1. The lowest BCUT2D eigenvalue weighted by atomic mass is 9.47. The highest BCUT2D eigenvalue weighted by atomic mass is 16.5. The summed E-state index contributed by atoms with van der Waals surface area (Å²) in [6, 6.07) is 0. The molecule has 4 rings (SSSR count). The van der Waals surface area contributed by atoms with E-state index < -0.39 is 0 Å². The van der Waals surface area contributed by atoms with Crippen LogP contribution < -0.4 is 0 Å². The van der Waals surface area contributed by atoms with Gasteiger partial charge in [0.1, 0.15) is 5.78 Å². The molecule has 3 saturated carbocycles. The van der Waals surface area contributed by atoms with E-state index in [1.165, 1.54) is 7.11 Å². The lowest BCUT2D eigenvalue weighted by Gasteiger charge is -2.55. The number of ketones is 2. The summed E-state index contributed by atoms with van der Waals surface area (Å²) < 4.78 is 4.93. The zero-order valence-corrected chi connectivity index (χ0v) is 15.5. The van der Waals surface area contributed by atoms with E-state index in [0.717, 1.165) is 37.7 Å². The first kappa shape index (κ1) is 17.0. The fourth-order valence-electron chi connectivity index (χ4n) is 6.54. The Morgan fingerprint density at radius 2 is 1.76 bits per heavy atom. The number of carbonyl (C=O) groups excluding carboxylic acids is 3. The Bertz CT molecular complexity index is 677. The molecule has 0 aromatic carbocycles. The minimum absolute atomic E-state index is 0.00390. The van der Waals surface area contributed by atoms with Crippen LogP contribution in [0.4, 0.5) is 0 Å². The van der Waals surface area contributed by atoms with Crippen LogP contribution in [0.25, 0.3) is 0 Å². The normalized spacial score (nSPS) is 46.0. The van der Waals surface area contributed by atoms with Crippen LogP contribution in [-0.2, 0) is 19.1 Å². The van der Waals surface area contributed by atoms with Gasteiger partial charge in [0.15, 0.2) is 5.78 Å². The predicted molar refractivity (Wildman–Crippen MR) is 92.6 cm³/mol. The van der Waals surface area contributed by atoms with Crippen LogP contribution in [0.15, 0.2) is 11.6 Å². The summed E-state index contributed by atoms with van der Waals surface area (Å²) in [7, 11) is 1.44. The van der Waals surface area contributed by atoms with E-state index in [2.05, 4.69) is 13.8 Å². The summed E-state index contributed by atoms with van der Waals surface area (Å²) in [5, 5.41) is 0. The average Bonchev–Trinajstić information content (AvgIpc) is 2.90. The molecule has 0 aromatic rings. The van der Waals surface area contributed by atoms with Crippen molar-refractivity contribution in [3.05, 3.63) is 11.6 Å². The Hall–Kier alpha value is -1.45. The number of methoxy groups -OCH3 is 1. The highest BCUT2D eigenvalue weighted by Crippen LogP contribution is 2.63. The third-order valence-corrected chi connectivity index (χ3v) is 8.19. The number of allylic oxidation sites excluding steroid dienone is 2. The minimum atomic E-state index is -0.290. The fraction of sp³-hybridized carbons (Fsp3) is 0.762. The van der Waals surface area contributed by atoms with Gasteiger partial charge in [-0.25, -0.2) is 0 Å². The maximum Gasteiger partial charge on any atom is 0.308 e. The first-order chi connectivity index (χ1) is 11.8. The molecular formula is C21H28O4. The molecule has 0 saturated heterocycles. The van der Waals surface area contributed by atoms with Crippen molar-refractivity contribution in [3.63, 3.8) is 0 Å². The third kappa shape index (κ3) is 2.22. The molecule has 0 aromatic heterocycles. The average molecular weight is 344 g/mol. The number of esters is 1. The van der Waals surface area contributed by atoms with E-state index in [1.807, 2.05) is 6.08 Å². The van der Waals surface area contributed by atoms with Crippen LogP contribution in [0, 0.1) is 34.5 Å². The second kappa shape index (κ2) is 5.52. The Labute approximate surface area is 149 Å². The van der Waals surface area contributed by atoms with Gasteiger partial charge in [0.25, 0.3) is 0 Å². The van der Waals surface area contributed by atoms with E-state index in [-0.39, 0.29) is 40.3 Å². The lowest BCUT2D eigenvalue weighted by molar-refractivity contribution is -0.149. The van der Waals surface area contributed by atoms with Gasteiger partial charge in [-0.1, -0.05) is 19.4 Å². The molecule has 4 aliphatic carbocycles. The molecular weight excluding hydrogens is 316 g/mol. The molecule has 0 aliphatic heterocycles. The van der Waals surface area contributed by atoms with Gasteiger partial charge < -0.3 is 4.74 Å². The number of rotatable bonds is 1. The first-order valence-corrected chi connectivity index (χ1v) is 9.67. The van der Waals surface area contributed by atoms with Crippen molar-refractivity contribution in [2.24, 2.45) is 34.5 Å². The number of hydrogen-bond acceptors (Lipinski definition) is 4. The molecule has 4 heteroatoms. The summed E-state index contributed by atoms with van der Waals surface area (Å²) in [6.07, 6.45) is 7.62. The van der Waals surface area contributed by atoms with Gasteiger partial charge >= 0.3 is 5.97 Å². The summed E-state index contributed by atoms with van der Waals surface area (Å²) in [6.45, 7) is 4.38. The quantitative estimate of drug-likeness (QED) is 0.683. The minimum Gasteiger partial charge on any atom is -0.469 e. The van der Waals surface area contributed by atoms with Crippen LogP contribution in [-0.4, -0.2) is 24.6 Å². The number of ether oxygens (including phenoxy) is 1. The summed E-state index contributed by atoms with van der Waals surface area (Å²) in [5.74, 6) is 0.813. The Kier molecular flexibility index (Phi) is 3.75. The molecule has 3 fully saturated rings. The van der Waals surface area contributed by atoms with Crippen molar-refractivity contribution in [3.8, 4) is 0 Å². The molecule has 0 N–H and O–H groups in total. The molecule has 0 spiro atoms. The fourth-order valence-corrected chi connectivity index (χ4v) is 6.54. The van der Waals surface area contributed by atoms with Gasteiger partial charge in [-0.15, -0.1) is 0 Å². The standard InChI is InChI=1S/C21H28O4/c1-20-8-6-12(19(24)25-3)10-13(20)11-16(22)18-14-4-5-17(23)21(14,2)9-7-15(18)20/h11-12,14-15,18H,4-10H2,1-3H3/t12-,14-,15-,18-,20-,21-/m0/s1. The largest absolute Gasteiger partial charge is 0.469 e. The van der Waals surface area contributed by atoms with Crippen molar-refractivity contribution in [1.82, 2.24) is 0 Å². The highest BCUT2D eigenvalue weighted by Gasteiger charge is 2.61. The molecule has 0 heterocycles. The number of carbonyl (C=O) groups is 3. The second-order valence-corrected chi connectivity index (χ2v) is 9.11. The molecule has 136 valence electrons. The van der Waals surface area contributed by atoms with Crippen molar-refractivity contribution in [2.45, 2.75) is 58.8 Å². The van der Waals surface area contributed by atoms with Crippen molar-refractivity contribution in [2.75, 3.05) is 7.11 Å². The third-order valence-electron chi connectivity index (χ3n) is 8.19. The lowest BCUT2D eigenvalue weighted by Crippen LogP contribution is -2.53. The van der Waals surface area contributed by atoms with E-state index in [0.29, 0.717) is 24.5 Å². The molecule has 0 unspecified atom stereocenters. The van der Waals surface area contributed by atoms with Crippen LogP contribution in [0.3, 0.4) is 0 Å². The molecule has 0 radical (unpaired) electrons. The predicted octanol–water partition coefficient (Wildman–Crippen LogP) is 3.49. The van der Waals surface area contributed by atoms with Crippen molar-refractivity contribution >= 4 is 17.5 Å². The topological polar surface area (TPSA) is 60.4 Å². The smallest absolute Gasteiger partial charge is 0.308 e. The molecule has 4 nitrogen and oxygen atoms in total. The van der Waals surface area contributed by atoms with Crippen molar-refractivity contribution < 1.29 is 19.1 Å². The molecule has 0 bridgehead atoms. The second-order valence-electron chi connectivity index (χ2n) is 9.11. The van der Waals surface area contributed by atoms with Crippen LogP contribution in [0.2, 0.25) is 0 Å². The Morgan fingerprint density at radius 1 is 1.08 bits per heavy atom. The number of fused-ring (bicyclic) bond motifs is 5. The van der Waals surface area contributed by atoms with Crippen LogP contribution in [0.1, 0.15) is 58.8 Å². The number of hydrogen-bond donors (Lipinski definition) is 0. The number of Topliss-reactive ketones (excluding diaryl/α,β-unsaturated/α-hetero) is 1. The molecule has 0 amide bonds. The van der Waals surface area contributed by atoms with Gasteiger partial charge in [-0.2, -0.15) is 0 Å². The summed E-state index contributed by atoms with van der Waals surface area (Å²) >= 11 is 0. The van der Waals surface area contributed by atoms with E-state index in [1.54, 1.807) is 0 Å². The summed E-state index contributed by atoms with van der Waals surface area (Å²) in [4.78, 5) is 37.5. The van der Waals surface area contributed by atoms with Gasteiger partial charge in [0, 0.05) is 17.8 Å². The summed E-state index contributed by atoms with van der Waals surface area (Å²) in [5.41, 5.74) is 0.853. The van der Waals surface area contributed by atoms with Gasteiger partial charge in [-0.3, -0.25) is 14.4 Å². The highest BCUT2D eigenvalue weighted by molar-refractivity contribution is 5.97. The molecule has 4 aliphatic rings. The van der Waals surface area contributed by atoms with Crippen LogP contribution in [0.5, 0.6) is 0 Å². The van der Waals surface area contributed by atoms with Crippen LogP contribution >= 0.6 is 0 Å². The zero-order chi connectivity index (χ0) is 18.0. The van der Waals surface area contributed by atoms with E-state index >= 15 is 0 Å². The van der Waals surface area contributed by atoms with E-state index in [9.17, 15) is 14.4 Å². The Balaban J connectivity index is 1.69. The molecule has 6 atom stereocenters. The van der Waals surface area contributed by atoms with Gasteiger partial charge in [0.2, 0.25) is 0 Å². The van der Waals surface area contributed by atoms with E-state index in [4.69, 9.17) is 4.74 Å². The first-order valence-electron chi connectivity index (χ1n) is 9.67. The monoisotopic (exact) mass is 344 g/mol. The van der Waals surface area contributed by atoms with Gasteiger partial charge in [0.05, 0.1) is 13.0 Å². The zero-order valence-electron chi connectivity index (χ0n) is 15.5. The SMILES string of the molecule is COC(=O)[C@H]1CC[C@@]2(C)C(=CC(=O)[C@@H]3[C@@H]2CC[C@]2(C)C(=O)CC[C@@H]32)C1. The molecule has 25 heavy (non-hydrogen) atoms. The Morgan fingerprint density at radius 3 is 2.48 bits per heavy atom. The van der Waals surface area contributed by atoms with Gasteiger partial charge in [-0.05, 0) is 61.9 Å². The maximum atomic E-state index is 13.1. The van der Waals surface area contributed by atoms with Crippen molar-refractivity contribution in [1.29, 1.82) is 0 Å².